The Morgan fingerprint density at radius 3 is 2.78 bits per heavy atom. The molecule has 1 aromatic rings. The Bertz CT molecular complexity index is 525. The van der Waals surface area contributed by atoms with Crippen LogP contribution < -0.4 is 0 Å². The molecule has 3 rings (SSSR count). The highest BCUT2D eigenvalue weighted by atomic mass is 16.2. The van der Waals surface area contributed by atoms with Gasteiger partial charge in [0.2, 0.25) is 5.91 Å². The quantitative estimate of drug-likeness (QED) is 0.856. The lowest BCUT2D eigenvalue weighted by atomic mass is 9.79. The zero-order valence-electron chi connectivity index (χ0n) is 14.5. The van der Waals surface area contributed by atoms with Crippen molar-refractivity contribution >= 4 is 5.91 Å². The third-order valence-electron chi connectivity index (χ3n) is 5.78. The Hall–Kier alpha value is -1.42. The predicted octanol–water partition coefficient (Wildman–Crippen LogP) is 3.23. The number of hydrogen-bond acceptors (Lipinski definition) is 3. The topological polar surface area (TPSA) is 36.4 Å². The van der Waals surface area contributed by atoms with Gasteiger partial charge in [-0.15, -0.1) is 0 Å². The zero-order chi connectivity index (χ0) is 16.3. The van der Waals surface area contributed by atoms with Gasteiger partial charge in [-0.3, -0.25) is 14.7 Å². The third-order valence-corrected chi connectivity index (χ3v) is 5.78. The molecule has 4 heteroatoms. The van der Waals surface area contributed by atoms with Gasteiger partial charge in [0.05, 0.1) is 0 Å². The molecule has 2 heterocycles. The van der Waals surface area contributed by atoms with Crippen LogP contribution in [0, 0.1) is 0 Å². The maximum atomic E-state index is 12.0. The lowest BCUT2D eigenvalue weighted by Gasteiger charge is -2.41. The van der Waals surface area contributed by atoms with Crippen molar-refractivity contribution in [1.82, 2.24) is 14.8 Å². The second-order valence-electron chi connectivity index (χ2n) is 7.19. The molecule has 1 amide bonds. The van der Waals surface area contributed by atoms with Crippen LogP contribution in [0.25, 0.3) is 0 Å². The van der Waals surface area contributed by atoms with E-state index < -0.39 is 0 Å². The monoisotopic (exact) mass is 315 g/mol. The minimum atomic E-state index is 0.215. The van der Waals surface area contributed by atoms with E-state index in [1.54, 1.807) is 6.92 Å². The molecule has 1 aliphatic heterocycles. The number of carbonyl (C=O) groups excluding carboxylic acids is 1. The summed E-state index contributed by atoms with van der Waals surface area (Å²) in [5.41, 5.74) is 1.57. The van der Waals surface area contributed by atoms with Crippen LogP contribution >= 0.6 is 0 Å². The average molecular weight is 315 g/mol. The summed E-state index contributed by atoms with van der Waals surface area (Å²) in [6.45, 7) is 6.58. The Morgan fingerprint density at radius 2 is 2.17 bits per heavy atom. The second-order valence-corrected chi connectivity index (χ2v) is 7.19. The van der Waals surface area contributed by atoms with E-state index in [4.69, 9.17) is 0 Å². The van der Waals surface area contributed by atoms with Gasteiger partial charge in [-0.1, -0.05) is 25.3 Å². The molecule has 1 atom stereocenters. The molecule has 0 radical (unpaired) electrons. The van der Waals surface area contributed by atoms with E-state index in [1.807, 2.05) is 18.5 Å². The molecule has 0 unspecified atom stereocenters. The highest BCUT2D eigenvalue weighted by Gasteiger charge is 2.47. The Kier molecular flexibility index (Phi) is 5.00. The number of pyridine rings is 1. The van der Waals surface area contributed by atoms with Crippen molar-refractivity contribution in [2.45, 2.75) is 70.5 Å². The maximum Gasteiger partial charge on any atom is 0.219 e. The van der Waals surface area contributed by atoms with Gasteiger partial charge in [0.25, 0.3) is 0 Å². The van der Waals surface area contributed by atoms with Crippen LogP contribution in [0.3, 0.4) is 0 Å². The first kappa shape index (κ1) is 16.4. The van der Waals surface area contributed by atoms with E-state index in [9.17, 15) is 4.79 Å². The van der Waals surface area contributed by atoms with Gasteiger partial charge in [-0.2, -0.15) is 0 Å². The van der Waals surface area contributed by atoms with Crippen LogP contribution in [-0.2, 0) is 11.3 Å². The molecule has 0 N–H and O–H groups in total. The van der Waals surface area contributed by atoms with Gasteiger partial charge < -0.3 is 4.90 Å². The van der Waals surface area contributed by atoms with Crippen molar-refractivity contribution in [1.29, 1.82) is 0 Å². The normalized spacial score (nSPS) is 24.0. The van der Waals surface area contributed by atoms with Crippen molar-refractivity contribution in [3.05, 3.63) is 30.1 Å². The van der Waals surface area contributed by atoms with Crippen LogP contribution in [0.1, 0.15) is 57.9 Å². The second kappa shape index (κ2) is 7.00. The summed E-state index contributed by atoms with van der Waals surface area (Å²) in [4.78, 5) is 21.0. The highest BCUT2D eigenvalue weighted by molar-refractivity contribution is 5.73. The maximum absolute atomic E-state index is 12.0. The molecular formula is C19H29N3O. The average Bonchev–Trinajstić information content (AvgIpc) is 2.87. The van der Waals surface area contributed by atoms with E-state index in [1.165, 1.54) is 37.7 Å². The molecule has 1 aromatic heterocycles. The molecule has 1 spiro atoms. The van der Waals surface area contributed by atoms with Gasteiger partial charge in [0, 0.05) is 50.5 Å². The summed E-state index contributed by atoms with van der Waals surface area (Å²) < 4.78 is 0. The van der Waals surface area contributed by atoms with Crippen LogP contribution in [0.2, 0.25) is 0 Å². The van der Waals surface area contributed by atoms with Crippen LogP contribution in [0.15, 0.2) is 24.5 Å². The van der Waals surface area contributed by atoms with E-state index in [0.717, 1.165) is 26.1 Å². The Balaban J connectivity index is 1.81. The molecule has 23 heavy (non-hydrogen) atoms. The van der Waals surface area contributed by atoms with E-state index >= 15 is 0 Å². The van der Waals surface area contributed by atoms with Crippen molar-refractivity contribution in [3.8, 4) is 0 Å². The van der Waals surface area contributed by atoms with Crippen LogP contribution in [0.5, 0.6) is 0 Å². The molecule has 1 saturated carbocycles. The smallest absolute Gasteiger partial charge is 0.219 e. The molecule has 2 aliphatic rings. The lowest BCUT2D eigenvalue weighted by Crippen LogP contribution is -2.44. The first-order chi connectivity index (χ1) is 11.1. The summed E-state index contributed by atoms with van der Waals surface area (Å²) >= 11 is 0. The SMILES string of the molecule is CCN(C(C)=O)[C@@H]1CN(Cc2cccnc2)C2(CCCCC2)C1. The first-order valence-electron chi connectivity index (χ1n) is 9.06. The fraction of sp³-hybridized carbons (Fsp3) is 0.684. The number of nitrogens with zero attached hydrogens (tertiary/aromatic N) is 3. The largest absolute Gasteiger partial charge is 0.339 e. The predicted molar refractivity (Wildman–Crippen MR) is 91.9 cm³/mol. The molecule has 1 saturated heterocycles. The number of amides is 1. The number of likely N-dealkylation sites (tertiary alicyclic amines) is 1. The Morgan fingerprint density at radius 1 is 1.39 bits per heavy atom. The molecule has 4 nitrogen and oxygen atoms in total. The summed E-state index contributed by atoms with van der Waals surface area (Å²) in [7, 11) is 0. The summed E-state index contributed by atoms with van der Waals surface area (Å²) in [6.07, 6.45) is 11.5. The number of rotatable bonds is 4. The Labute approximate surface area is 139 Å². The highest BCUT2D eigenvalue weighted by Crippen LogP contribution is 2.43. The van der Waals surface area contributed by atoms with Crippen LogP contribution in [0.4, 0.5) is 0 Å². The first-order valence-corrected chi connectivity index (χ1v) is 9.06. The van der Waals surface area contributed by atoms with Crippen molar-refractivity contribution < 1.29 is 4.79 Å². The molecule has 1 aliphatic carbocycles. The number of aromatic nitrogens is 1. The minimum Gasteiger partial charge on any atom is -0.339 e. The molecule has 0 bridgehead atoms. The van der Waals surface area contributed by atoms with Gasteiger partial charge in [-0.05, 0) is 37.8 Å². The van der Waals surface area contributed by atoms with Gasteiger partial charge in [0.15, 0.2) is 0 Å². The van der Waals surface area contributed by atoms with E-state index in [0.29, 0.717) is 11.6 Å². The number of hydrogen-bond donors (Lipinski definition) is 0. The van der Waals surface area contributed by atoms with Gasteiger partial charge in [0.1, 0.15) is 0 Å². The van der Waals surface area contributed by atoms with E-state index in [2.05, 4.69) is 27.8 Å². The van der Waals surface area contributed by atoms with Crippen molar-refractivity contribution in [2.24, 2.45) is 0 Å². The standard InChI is InChI=1S/C19H29N3O/c1-3-22(16(2)23)18-12-19(9-5-4-6-10-19)21(15-18)14-17-8-7-11-20-13-17/h7-8,11,13,18H,3-6,9-10,12,14-15H2,1-2H3/t18-/m0/s1. The fourth-order valence-corrected chi connectivity index (χ4v) is 4.70. The van der Waals surface area contributed by atoms with Gasteiger partial charge in [-0.25, -0.2) is 0 Å². The number of likely N-dealkylation sites (N-methyl/N-ethyl adjacent to an activating group) is 1. The minimum absolute atomic E-state index is 0.215. The fourth-order valence-electron chi connectivity index (χ4n) is 4.70. The van der Waals surface area contributed by atoms with Crippen molar-refractivity contribution in [3.63, 3.8) is 0 Å². The third kappa shape index (κ3) is 3.42. The molecule has 0 aromatic carbocycles. The summed E-state index contributed by atoms with van der Waals surface area (Å²) in [5.74, 6) is 0.215. The molecular weight excluding hydrogens is 286 g/mol. The van der Waals surface area contributed by atoms with Crippen LogP contribution in [-0.4, -0.2) is 45.4 Å². The molecule has 2 fully saturated rings. The van der Waals surface area contributed by atoms with E-state index in [-0.39, 0.29) is 5.91 Å². The van der Waals surface area contributed by atoms with Crippen molar-refractivity contribution in [2.75, 3.05) is 13.1 Å². The number of carbonyl (C=O) groups is 1. The van der Waals surface area contributed by atoms with Gasteiger partial charge >= 0.3 is 0 Å². The zero-order valence-corrected chi connectivity index (χ0v) is 14.5. The molecule has 126 valence electrons. The summed E-state index contributed by atoms with van der Waals surface area (Å²) in [6, 6.07) is 4.55. The summed E-state index contributed by atoms with van der Waals surface area (Å²) in [5, 5.41) is 0. The lowest BCUT2D eigenvalue weighted by molar-refractivity contribution is -0.130.